The van der Waals surface area contributed by atoms with Gasteiger partial charge in [-0.05, 0) is 0 Å². The summed E-state index contributed by atoms with van der Waals surface area (Å²) >= 11 is -3.16. The number of halogens is 1. The van der Waals surface area contributed by atoms with Gasteiger partial charge in [-0.2, -0.15) is 8.42 Å². The van der Waals surface area contributed by atoms with Crippen molar-refractivity contribution in [2.75, 3.05) is 0 Å². The molecule has 0 saturated heterocycles. The summed E-state index contributed by atoms with van der Waals surface area (Å²) in [4.78, 5) is 0. The maximum atomic E-state index is 9.11. The Morgan fingerprint density at radius 1 is 1.21 bits per heavy atom. The van der Waals surface area contributed by atoms with Gasteiger partial charge in [-0.15, -0.1) is 0 Å². The predicted molar refractivity (Wildman–Crippen MR) is 34.2 cm³/mol. The van der Waals surface area contributed by atoms with Crippen LogP contribution in [-0.4, -0.2) is 26.6 Å². The third kappa shape index (κ3) is 606. The molecular weight excluding hydrogens is 390 g/mol. The van der Waals surface area contributed by atoms with E-state index < -0.39 is 41.5 Å². The molecule has 0 radical (unpaired) electrons. The van der Waals surface area contributed by atoms with Crippen molar-refractivity contribution in [3.63, 3.8) is 0 Å². The normalized spacial score (nSPS) is 9.21. The Balaban J connectivity index is -0.0000000522. The molecule has 9 nitrogen and oxygen atoms in total. The van der Waals surface area contributed by atoms with Crippen molar-refractivity contribution in [1.29, 1.82) is 0 Å². The Hall–Kier alpha value is 1.97. The minimum Gasteiger partial charge on any atom is -0.427 e. The van der Waals surface area contributed by atoms with E-state index in [2.05, 4.69) is 11.2 Å². The van der Waals surface area contributed by atoms with Crippen LogP contribution in [0.4, 0.5) is 0 Å². The number of hydrogen-bond acceptors (Lipinski definition) is 6. The first-order valence-corrected chi connectivity index (χ1v) is 7.80. The van der Waals surface area contributed by atoms with Gasteiger partial charge in [-0.1, -0.05) is 0 Å². The molecule has 14 heavy (non-hydrogen) atoms. The van der Waals surface area contributed by atoms with Crippen molar-refractivity contribution in [3.8, 4) is 0 Å². The van der Waals surface area contributed by atoms with E-state index in [9.17, 15) is 0 Å². The van der Waals surface area contributed by atoms with Crippen molar-refractivity contribution in [2.24, 2.45) is 0 Å². The van der Waals surface area contributed by atoms with Gasteiger partial charge in [-0.25, -0.2) is 0 Å². The van der Waals surface area contributed by atoms with Crippen LogP contribution in [0, 0.1) is 0 Å². The summed E-state index contributed by atoms with van der Waals surface area (Å²) in [5, 5.41) is 0. The SMILES string of the molecule is O=S(O)(O)=S.O=S(O)O.[Na+].[O-][I+2]([O-])[O-]. The van der Waals surface area contributed by atoms with Crippen LogP contribution in [0.3, 0.4) is 0 Å². The van der Waals surface area contributed by atoms with Gasteiger partial charge in [0.1, 0.15) is 0 Å². The van der Waals surface area contributed by atoms with E-state index in [4.69, 9.17) is 36.9 Å². The second-order valence-corrected chi connectivity index (χ2v) is 4.61. The maximum absolute atomic E-state index is 9.11. The van der Waals surface area contributed by atoms with Crippen LogP contribution in [0.5, 0.6) is 0 Å². The first-order chi connectivity index (χ1) is 5.46. The van der Waals surface area contributed by atoms with Gasteiger partial charge in [0.15, 0.2) is 0 Å². The molecule has 0 aliphatic rings. The topological polar surface area (TPSA) is 184 Å². The second-order valence-electron chi connectivity index (χ2n) is 0.868. The fraction of sp³-hybridized carbons (Fsp3) is 0. The van der Waals surface area contributed by atoms with E-state index in [1.54, 1.807) is 0 Å². The quantitative estimate of drug-likeness (QED) is 0.175. The van der Waals surface area contributed by atoms with E-state index >= 15 is 0 Å². The Morgan fingerprint density at radius 2 is 1.21 bits per heavy atom. The fourth-order valence-corrected chi connectivity index (χ4v) is 0. The van der Waals surface area contributed by atoms with Gasteiger partial charge in [0.2, 0.25) is 0 Å². The van der Waals surface area contributed by atoms with Crippen LogP contribution in [-0.2, 0) is 31.6 Å². The van der Waals surface area contributed by atoms with Gasteiger partial charge >= 0.3 is 29.6 Å². The Kier molecular flexibility index (Phi) is 26.7. The summed E-state index contributed by atoms with van der Waals surface area (Å²) in [6, 6.07) is 0. The van der Waals surface area contributed by atoms with Crippen LogP contribution in [0.1, 0.15) is 0 Å². The molecule has 0 aliphatic carbocycles. The van der Waals surface area contributed by atoms with Crippen LogP contribution < -0.4 is 60.9 Å². The van der Waals surface area contributed by atoms with E-state index in [0.717, 1.165) is 0 Å². The molecule has 0 atom stereocenters. The molecule has 0 aromatic heterocycles. The summed E-state index contributed by atoms with van der Waals surface area (Å²) < 4.78 is 72.5. The average molecular weight is 394 g/mol. The molecular formula is H4INaO9S3. The van der Waals surface area contributed by atoms with Crippen LogP contribution in [0.25, 0.3) is 0 Å². The van der Waals surface area contributed by atoms with Gasteiger partial charge in [-0.3, -0.25) is 18.2 Å². The van der Waals surface area contributed by atoms with Gasteiger partial charge in [0.25, 0.3) is 41.5 Å². The largest absolute Gasteiger partial charge is 1.00 e. The average Bonchev–Trinajstić information content (AvgIpc) is 1.50. The second kappa shape index (κ2) is 15.0. The van der Waals surface area contributed by atoms with E-state index in [1.165, 1.54) is 0 Å². The first-order valence-electron chi connectivity index (χ1n) is 1.69. The zero-order chi connectivity index (χ0) is 11.7. The summed E-state index contributed by atoms with van der Waals surface area (Å²) in [6.07, 6.45) is 0. The fourth-order valence-electron chi connectivity index (χ4n) is 0. The van der Waals surface area contributed by atoms with Crippen LogP contribution in [0.2, 0.25) is 0 Å². The standard InChI is InChI=1S/IO3.Na.H2O3S2.H2O3S/c2-1(3)4;;1-5(2,3)4;1-4(2)3/h;;(H2,1,2,3,4);(H2,1,2,3)/q-1;+1;;. The summed E-state index contributed by atoms with van der Waals surface area (Å²) in [6.45, 7) is 0. The minimum atomic E-state index is -4.01. The van der Waals surface area contributed by atoms with Gasteiger partial charge in [0, 0.05) is 11.2 Å². The van der Waals surface area contributed by atoms with Gasteiger partial charge < -0.3 is 10.3 Å². The van der Waals surface area contributed by atoms with Crippen molar-refractivity contribution in [3.05, 3.63) is 0 Å². The summed E-state index contributed by atoms with van der Waals surface area (Å²) in [5.74, 6) is 0. The van der Waals surface area contributed by atoms with Gasteiger partial charge in [0.05, 0.1) is 0 Å². The molecule has 4 N–H and O–H groups in total. The van der Waals surface area contributed by atoms with Crippen molar-refractivity contribution < 1.29 is 87.6 Å². The Labute approximate surface area is 118 Å². The molecule has 0 saturated carbocycles. The van der Waals surface area contributed by atoms with Crippen molar-refractivity contribution in [1.82, 2.24) is 0 Å². The zero-order valence-electron chi connectivity index (χ0n) is 6.43. The number of hydrogen-bond donors (Lipinski definition) is 4. The Bertz CT molecular complexity index is 193. The molecule has 0 heterocycles. The number of rotatable bonds is 0. The molecule has 0 spiro atoms. The third-order valence-corrected chi connectivity index (χ3v) is 0. The molecule has 0 rings (SSSR count). The van der Waals surface area contributed by atoms with E-state index in [1.807, 2.05) is 0 Å². The molecule has 0 bridgehead atoms. The molecule has 0 aromatic carbocycles. The molecule has 84 valence electrons. The summed E-state index contributed by atoms with van der Waals surface area (Å²) in [7, 11) is -3.83. The molecule has 0 aromatic rings. The third-order valence-electron chi connectivity index (χ3n) is 0. The monoisotopic (exact) mass is 394 g/mol. The van der Waals surface area contributed by atoms with Crippen LogP contribution in [0.15, 0.2) is 0 Å². The summed E-state index contributed by atoms with van der Waals surface area (Å²) in [5.41, 5.74) is 0. The van der Waals surface area contributed by atoms with Crippen molar-refractivity contribution in [2.45, 2.75) is 0 Å². The van der Waals surface area contributed by atoms with E-state index in [0.29, 0.717) is 0 Å². The molecule has 0 aliphatic heterocycles. The predicted octanol–water partition coefficient (Wildman–Crippen LogP) is -10.2. The molecule has 0 amide bonds. The minimum absolute atomic E-state index is 0. The Morgan fingerprint density at radius 3 is 1.21 bits per heavy atom. The molecule has 14 heteroatoms. The van der Waals surface area contributed by atoms with Crippen molar-refractivity contribution >= 4 is 31.6 Å². The molecule has 0 unspecified atom stereocenters. The molecule has 0 fully saturated rings. The maximum Gasteiger partial charge on any atom is 1.00 e. The van der Waals surface area contributed by atoms with Crippen LogP contribution >= 0.6 is 0 Å². The smallest absolute Gasteiger partial charge is 0.427 e. The zero-order valence-corrected chi connectivity index (χ0v) is 13.0. The first kappa shape index (κ1) is 25.0. The van der Waals surface area contributed by atoms with E-state index in [-0.39, 0.29) is 29.6 Å².